The lowest BCUT2D eigenvalue weighted by Crippen LogP contribution is -2.30. The molecule has 4 heterocycles. The molecule has 0 fully saturated rings. The molecule has 1 atom stereocenters. The summed E-state index contributed by atoms with van der Waals surface area (Å²) in [5, 5.41) is 16.0. The van der Waals surface area contributed by atoms with Crippen LogP contribution in [0.5, 0.6) is 0 Å². The lowest BCUT2D eigenvalue weighted by Gasteiger charge is -2.19. The fourth-order valence-corrected chi connectivity index (χ4v) is 4.01. The van der Waals surface area contributed by atoms with Crippen molar-refractivity contribution in [3.8, 4) is 0 Å². The van der Waals surface area contributed by atoms with Gasteiger partial charge in [0.2, 0.25) is 0 Å². The number of nitrogens with one attached hydrogen (secondary N) is 1. The van der Waals surface area contributed by atoms with Crippen LogP contribution in [0.15, 0.2) is 41.4 Å². The van der Waals surface area contributed by atoms with Gasteiger partial charge in [-0.25, -0.2) is 0 Å². The van der Waals surface area contributed by atoms with Crippen LogP contribution in [0.2, 0.25) is 0 Å². The third-order valence-corrected chi connectivity index (χ3v) is 5.52. The van der Waals surface area contributed by atoms with Crippen LogP contribution >= 0.6 is 11.3 Å². The molecule has 0 bridgehead atoms. The molecule has 1 N–H and O–H groups in total. The number of hydrogen-bond donors (Lipinski definition) is 1. The predicted octanol–water partition coefficient (Wildman–Crippen LogP) is 2.28. The Morgan fingerprint density at radius 3 is 3.00 bits per heavy atom. The van der Waals surface area contributed by atoms with Gasteiger partial charge in [0.05, 0.1) is 11.6 Å². The van der Waals surface area contributed by atoms with Gasteiger partial charge in [-0.15, -0.1) is 10.2 Å². The lowest BCUT2D eigenvalue weighted by atomic mass is 10.2. The lowest BCUT2D eigenvalue weighted by molar-refractivity contribution is 0.0937. The van der Waals surface area contributed by atoms with E-state index in [1.807, 2.05) is 6.92 Å². The van der Waals surface area contributed by atoms with Crippen molar-refractivity contribution in [2.75, 3.05) is 13.1 Å². The van der Waals surface area contributed by atoms with Crippen LogP contribution in [0, 0.1) is 0 Å². The smallest absolute Gasteiger partial charge is 0.253 e. The van der Waals surface area contributed by atoms with E-state index in [9.17, 15) is 4.79 Å². The molecule has 0 radical (unpaired) electrons. The number of rotatable bonds is 5. The molecule has 140 valence electrons. The third kappa shape index (κ3) is 4.06. The van der Waals surface area contributed by atoms with E-state index in [0.717, 1.165) is 44.2 Å². The maximum atomic E-state index is 12.4. The van der Waals surface area contributed by atoms with Crippen LogP contribution in [-0.2, 0) is 19.5 Å². The van der Waals surface area contributed by atoms with Gasteiger partial charge >= 0.3 is 0 Å². The van der Waals surface area contributed by atoms with E-state index >= 15 is 0 Å². The first-order chi connectivity index (χ1) is 13.2. The standard InChI is InChI=1S/C19H22N6OS/c1-14(21-19(26)16-3-2-6-20-11-16)18-23-22-17-4-7-24(8-9-25(17)18)12-15-5-10-27-13-15/h2-3,5-6,10-11,13-14H,4,7-9,12H2,1H3,(H,21,26). The fraction of sp³-hybridized carbons (Fsp3) is 0.368. The number of fused-ring (bicyclic) bond motifs is 1. The Hall–Kier alpha value is -2.58. The van der Waals surface area contributed by atoms with Crippen molar-refractivity contribution in [2.45, 2.75) is 32.5 Å². The second kappa shape index (κ2) is 7.98. The molecule has 0 saturated carbocycles. The summed E-state index contributed by atoms with van der Waals surface area (Å²) in [5.41, 5.74) is 1.90. The van der Waals surface area contributed by atoms with Crippen LogP contribution < -0.4 is 5.32 Å². The minimum absolute atomic E-state index is 0.152. The number of aromatic nitrogens is 4. The molecule has 7 nitrogen and oxygen atoms in total. The summed E-state index contributed by atoms with van der Waals surface area (Å²) >= 11 is 1.73. The van der Waals surface area contributed by atoms with Crippen LogP contribution in [-0.4, -0.2) is 43.6 Å². The maximum Gasteiger partial charge on any atom is 0.253 e. The third-order valence-electron chi connectivity index (χ3n) is 4.79. The molecule has 1 aliphatic rings. The number of carbonyl (C=O) groups is 1. The molecule has 1 aliphatic heterocycles. The largest absolute Gasteiger partial charge is 0.342 e. The Kier molecular flexibility index (Phi) is 5.26. The van der Waals surface area contributed by atoms with Crippen LogP contribution in [0.3, 0.4) is 0 Å². The zero-order chi connectivity index (χ0) is 18.6. The minimum Gasteiger partial charge on any atom is -0.342 e. The summed E-state index contributed by atoms with van der Waals surface area (Å²) < 4.78 is 2.15. The molecular weight excluding hydrogens is 360 g/mol. The zero-order valence-corrected chi connectivity index (χ0v) is 16.0. The van der Waals surface area contributed by atoms with Gasteiger partial charge in [-0.05, 0) is 41.4 Å². The van der Waals surface area contributed by atoms with Crippen molar-refractivity contribution in [3.05, 3.63) is 64.1 Å². The number of amides is 1. The molecule has 27 heavy (non-hydrogen) atoms. The highest BCUT2D eigenvalue weighted by Crippen LogP contribution is 2.18. The molecular formula is C19H22N6OS. The van der Waals surface area contributed by atoms with Crippen LogP contribution in [0.4, 0.5) is 0 Å². The summed E-state index contributed by atoms with van der Waals surface area (Å²) in [6.07, 6.45) is 4.08. The van der Waals surface area contributed by atoms with Crippen molar-refractivity contribution in [2.24, 2.45) is 0 Å². The highest BCUT2D eigenvalue weighted by atomic mass is 32.1. The topological polar surface area (TPSA) is 75.9 Å². The average molecular weight is 382 g/mol. The minimum atomic E-state index is -0.220. The quantitative estimate of drug-likeness (QED) is 0.733. The SMILES string of the molecule is CC(NC(=O)c1cccnc1)c1nnc2n1CCN(Cc1ccsc1)CC2. The molecule has 0 saturated heterocycles. The molecule has 0 aliphatic carbocycles. The normalized spacial score (nSPS) is 15.7. The van der Waals surface area contributed by atoms with Crippen molar-refractivity contribution >= 4 is 17.2 Å². The number of pyridine rings is 1. The van der Waals surface area contributed by atoms with Gasteiger partial charge < -0.3 is 9.88 Å². The Morgan fingerprint density at radius 2 is 2.22 bits per heavy atom. The molecule has 1 amide bonds. The molecule has 0 aromatic carbocycles. The van der Waals surface area contributed by atoms with Gasteiger partial charge in [0.15, 0.2) is 5.82 Å². The Labute approximate surface area is 162 Å². The molecule has 3 aromatic rings. The Bertz CT molecular complexity index is 892. The monoisotopic (exact) mass is 382 g/mol. The van der Waals surface area contributed by atoms with Gasteiger partial charge in [0.1, 0.15) is 5.82 Å². The molecule has 3 aromatic heterocycles. The van der Waals surface area contributed by atoms with Crippen molar-refractivity contribution in [3.63, 3.8) is 0 Å². The van der Waals surface area contributed by atoms with Crippen LogP contribution in [0.1, 0.15) is 40.5 Å². The first-order valence-corrected chi connectivity index (χ1v) is 10.0. The number of nitrogens with zero attached hydrogens (tertiary/aromatic N) is 5. The van der Waals surface area contributed by atoms with E-state index < -0.39 is 0 Å². The van der Waals surface area contributed by atoms with Crippen molar-refractivity contribution in [1.29, 1.82) is 0 Å². The van der Waals surface area contributed by atoms with Gasteiger partial charge in [0, 0.05) is 45.0 Å². The number of hydrogen-bond acceptors (Lipinski definition) is 6. The van der Waals surface area contributed by atoms with Crippen molar-refractivity contribution < 1.29 is 4.79 Å². The van der Waals surface area contributed by atoms with Gasteiger partial charge in [-0.1, -0.05) is 0 Å². The van der Waals surface area contributed by atoms with E-state index in [1.54, 1.807) is 35.9 Å². The van der Waals surface area contributed by atoms with Gasteiger partial charge in [-0.2, -0.15) is 11.3 Å². The molecule has 4 rings (SSSR count). The van der Waals surface area contributed by atoms with Crippen molar-refractivity contribution in [1.82, 2.24) is 30.0 Å². The number of carbonyl (C=O) groups excluding carboxylic acids is 1. The zero-order valence-electron chi connectivity index (χ0n) is 15.2. The van der Waals surface area contributed by atoms with Crippen LogP contribution in [0.25, 0.3) is 0 Å². The summed E-state index contributed by atoms with van der Waals surface area (Å²) in [7, 11) is 0. The second-order valence-corrected chi connectivity index (χ2v) is 7.50. The Morgan fingerprint density at radius 1 is 1.30 bits per heavy atom. The highest BCUT2D eigenvalue weighted by Gasteiger charge is 2.23. The molecule has 8 heteroatoms. The summed E-state index contributed by atoms with van der Waals surface area (Å²) in [6.45, 7) is 5.64. The summed E-state index contributed by atoms with van der Waals surface area (Å²) in [5.74, 6) is 1.64. The van der Waals surface area contributed by atoms with Gasteiger partial charge in [-0.3, -0.25) is 14.7 Å². The van der Waals surface area contributed by atoms with E-state index in [0.29, 0.717) is 5.56 Å². The molecule has 1 unspecified atom stereocenters. The highest BCUT2D eigenvalue weighted by molar-refractivity contribution is 7.07. The Balaban J connectivity index is 1.43. The second-order valence-electron chi connectivity index (χ2n) is 6.72. The van der Waals surface area contributed by atoms with E-state index in [4.69, 9.17) is 0 Å². The van der Waals surface area contributed by atoms with E-state index in [-0.39, 0.29) is 11.9 Å². The molecule has 0 spiro atoms. The first-order valence-electron chi connectivity index (χ1n) is 9.07. The fourth-order valence-electron chi connectivity index (χ4n) is 3.35. The summed E-state index contributed by atoms with van der Waals surface area (Å²) in [4.78, 5) is 18.8. The average Bonchev–Trinajstić information content (AvgIpc) is 3.30. The summed E-state index contributed by atoms with van der Waals surface area (Å²) in [6, 6.07) is 5.46. The van der Waals surface area contributed by atoms with Gasteiger partial charge in [0.25, 0.3) is 5.91 Å². The number of thiophene rings is 1. The maximum absolute atomic E-state index is 12.4. The van der Waals surface area contributed by atoms with E-state index in [2.05, 4.69) is 46.8 Å². The first kappa shape index (κ1) is 17.8. The van der Waals surface area contributed by atoms with E-state index in [1.165, 1.54) is 5.56 Å². The predicted molar refractivity (Wildman–Crippen MR) is 103 cm³/mol.